The zero-order valence-electron chi connectivity index (χ0n) is 19.2. The van der Waals surface area contributed by atoms with Crippen LogP contribution in [-0.4, -0.2) is 33.3 Å². The van der Waals surface area contributed by atoms with Gasteiger partial charge in [0.05, 0.1) is 22.7 Å². The summed E-state index contributed by atoms with van der Waals surface area (Å²) < 4.78 is 36.6. The first-order valence-electron chi connectivity index (χ1n) is 11.2. The molecule has 11 heteroatoms. The van der Waals surface area contributed by atoms with Crippen molar-refractivity contribution in [1.82, 2.24) is 15.2 Å². The Labute approximate surface area is 205 Å². The Morgan fingerprint density at radius 1 is 1.17 bits per heavy atom. The Morgan fingerprint density at radius 3 is 2.54 bits per heavy atom. The Morgan fingerprint density at radius 2 is 1.91 bits per heavy atom. The van der Waals surface area contributed by atoms with Crippen molar-refractivity contribution in [3.05, 3.63) is 59.1 Å². The lowest BCUT2D eigenvalue weighted by molar-refractivity contribution is -0.208. The van der Waals surface area contributed by atoms with Crippen LogP contribution in [0.1, 0.15) is 44.9 Å². The van der Waals surface area contributed by atoms with E-state index in [0.717, 1.165) is 6.07 Å². The maximum atomic E-state index is 13.8. The van der Waals surface area contributed by atoms with Crippen molar-refractivity contribution in [2.75, 3.05) is 0 Å². The van der Waals surface area contributed by atoms with Crippen LogP contribution in [-0.2, 0) is 16.8 Å². The molecule has 2 heterocycles. The highest BCUT2D eigenvalue weighted by atomic mass is 35.5. The van der Waals surface area contributed by atoms with Gasteiger partial charge in [0.25, 0.3) is 11.8 Å². The third-order valence-corrected chi connectivity index (χ3v) is 6.69. The molecule has 0 aliphatic heterocycles. The third kappa shape index (κ3) is 4.38. The number of rotatable bonds is 10. The van der Waals surface area contributed by atoms with Gasteiger partial charge in [-0.25, -0.2) is 9.37 Å². The van der Waals surface area contributed by atoms with Crippen LogP contribution in [0, 0.1) is 11.2 Å². The van der Waals surface area contributed by atoms with E-state index in [0.29, 0.717) is 42.7 Å². The minimum Gasteiger partial charge on any atom is -0.482 e. The lowest BCUT2D eigenvalue weighted by Crippen LogP contribution is -2.72. The number of primary amides is 1. The Kier molecular flexibility index (Phi) is 5.79. The van der Waals surface area contributed by atoms with Gasteiger partial charge in [0.15, 0.2) is 12.7 Å². The molecular weight excluding hydrogens is 479 g/mol. The average molecular weight is 503 g/mol. The van der Waals surface area contributed by atoms with Crippen LogP contribution in [0.25, 0.3) is 0 Å². The lowest BCUT2D eigenvalue weighted by Gasteiger charge is -2.69. The van der Waals surface area contributed by atoms with E-state index < -0.39 is 23.2 Å². The SMILES string of the molecule is CC(C)Oc1ccc(OCc2nnc(C34CC(C(Oc5ccc(Cl)c(F)c5)C(N)=O)(C3)C4)o2)cn1. The summed E-state index contributed by atoms with van der Waals surface area (Å²) in [6.07, 6.45) is 2.52. The predicted octanol–water partition coefficient (Wildman–Crippen LogP) is 3.98. The van der Waals surface area contributed by atoms with Gasteiger partial charge in [-0.15, -0.1) is 10.2 Å². The summed E-state index contributed by atoms with van der Waals surface area (Å²) in [7, 11) is 0. The molecule has 2 N–H and O–H groups in total. The normalized spacial score (nSPS) is 23.2. The molecule has 0 radical (unpaired) electrons. The summed E-state index contributed by atoms with van der Waals surface area (Å²) in [5.74, 6) is 0.863. The second kappa shape index (κ2) is 8.67. The number of nitrogens with two attached hydrogens (primary N) is 1. The Hall–Kier alpha value is -3.40. The molecule has 35 heavy (non-hydrogen) atoms. The predicted molar refractivity (Wildman–Crippen MR) is 122 cm³/mol. The number of ether oxygens (including phenoxy) is 3. The van der Waals surface area contributed by atoms with E-state index in [1.165, 1.54) is 12.1 Å². The summed E-state index contributed by atoms with van der Waals surface area (Å²) in [4.78, 5) is 16.3. The van der Waals surface area contributed by atoms with E-state index in [1.54, 1.807) is 18.3 Å². The summed E-state index contributed by atoms with van der Waals surface area (Å²) in [6.45, 7) is 3.94. The van der Waals surface area contributed by atoms with Gasteiger partial charge < -0.3 is 24.4 Å². The fourth-order valence-electron chi connectivity index (χ4n) is 4.98. The van der Waals surface area contributed by atoms with E-state index >= 15 is 0 Å². The highest BCUT2D eigenvalue weighted by Gasteiger charge is 2.75. The number of benzene rings is 1. The van der Waals surface area contributed by atoms with E-state index in [1.807, 2.05) is 13.8 Å². The number of carbonyl (C=O) groups is 1. The molecule has 0 spiro atoms. The molecule has 3 aliphatic rings. The minimum absolute atomic E-state index is 0.0259. The molecule has 3 aliphatic carbocycles. The van der Waals surface area contributed by atoms with Gasteiger partial charge in [0.2, 0.25) is 11.8 Å². The first kappa shape index (κ1) is 23.3. The molecule has 1 aromatic carbocycles. The van der Waals surface area contributed by atoms with E-state index in [-0.39, 0.29) is 28.9 Å². The number of amides is 1. The van der Waals surface area contributed by atoms with Crippen LogP contribution in [0.4, 0.5) is 4.39 Å². The van der Waals surface area contributed by atoms with Crippen LogP contribution in [0.2, 0.25) is 5.02 Å². The molecule has 3 fully saturated rings. The zero-order chi connectivity index (χ0) is 24.8. The first-order chi connectivity index (χ1) is 16.7. The monoisotopic (exact) mass is 502 g/mol. The molecule has 6 rings (SSSR count). The third-order valence-electron chi connectivity index (χ3n) is 6.38. The van der Waals surface area contributed by atoms with Crippen LogP contribution in [0.3, 0.4) is 0 Å². The number of aromatic nitrogens is 3. The smallest absolute Gasteiger partial charge is 0.259 e. The van der Waals surface area contributed by atoms with Crippen LogP contribution in [0.5, 0.6) is 17.4 Å². The van der Waals surface area contributed by atoms with Gasteiger partial charge in [0.1, 0.15) is 17.3 Å². The van der Waals surface area contributed by atoms with E-state index in [4.69, 9.17) is 36.0 Å². The molecule has 184 valence electrons. The summed E-state index contributed by atoms with van der Waals surface area (Å²) in [6, 6.07) is 7.51. The van der Waals surface area contributed by atoms with Crippen LogP contribution < -0.4 is 19.9 Å². The van der Waals surface area contributed by atoms with Crippen molar-refractivity contribution in [3.8, 4) is 17.4 Å². The maximum Gasteiger partial charge on any atom is 0.259 e. The fourth-order valence-corrected chi connectivity index (χ4v) is 5.09. The molecular formula is C24H24ClFN4O5. The fraction of sp³-hybridized carbons (Fsp3) is 0.417. The average Bonchev–Trinajstić information content (AvgIpc) is 3.21. The van der Waals surface area contributed by atoms with Gasteiger partial charge in [-0.2, -0.15) is 0 Å². The van der Waals surface area contributed by atoms with Gasteiger partial charge in [-0.3, -0.25) is 4.79 Å². The summed E-state index contributed by atoms with van der Waals surface area (Å²) >= 11 is 5.72. The molecule has 0 saturated heterocycles. The van der Waals surface area contributed by atoms with Crippen molar-refractivity contribution in [3.63, 3.8) is 0 Å². The lowest BCUT2D eigenvalue weighted by atomic mass is 9.33. The quantitative estimate of drug-likeness (QED) is 0.441. The van der Waals surface area contributed by atoms with Gasteiger partial charge in [0, 0.05) is 17.5 Å². The Bertz CT molecular complexity index is 1230. The van der Waals surface area contributed by atoms with Gasteiger partial charge in [-0.05, 0) is 51.3 Å². The minimum atomic E-state index is -0.897. The molecule has 1 atom stereocenters. The molecule has 1 amide bonds. The van der Waals surface area contributed by atoms with Crippen LogP contribution >= 0.6 is 11.6 Å². The number of halogens is 2. The number of hydrogen-bond donors (Lipinski definition) is 1. The Balaban J connectivity index is 1.18. The topological polar surface area (TPSA) is 123 Å². The van der Waals surface area contributed by atoms with Gasteiger partial charge >= 0.3 is 0 Å². The summed E-state index contributed by atoms with van der Waals surface area (Å²) in [5, 5.41) is 8.25. The van der Waals surface area contributed by atoms with Crippen molar-refractivity contribution in [2.45, 2.75) is 57.3 Å². The van der Waals surface area contributed by atoms with Gasteiger partial charge in [-0.1, -0.05) is 11.6 Å². The highest BCUT2D eigenvalue weighted by molar-refractivity contribution is 6.30. The zero-order valence-corrected chi connectivity index (χ0v) is 19.9. The highest BCUT2D eigenvalue weighted by Crippen LogP contribution is 2.75. The molecule has 2 aromatic heterocycles. The molecule has 1 unspecified atom stereocenters. The molecule has 3 aromatic rings. The van der Waals surface area contributed by atoms with Crippen molar-refractivity contribution < 1.29 is 27.8 Å². The largest absolute Gasteiger partial charge is 0.482 e. The number of hydrogen-bond acceptors (Lipinski definition) is 8. The number of pyridine rings is 1. The van der Waals surface area contributed by atoms with Crippen LogP contribution in [0.15, 0.2) is 40.9 Å². The number of carbonyl (C=O) groups excluding carboxylic acids is 1. The second-order valence-electron chi connectivity index (χ2n) is 9.44. The molecule has 3 saturated carbocycles. The second-order valence-corrected chi connectivity index (χ2v) is 9.84. The van der Waals surface area contributed by atoms with Crippen molar-refractivity contribution in [1.29, 1.82) is 0 Å². The number of nitrogens with zero attached hydrogens (tertiary/aromatic N) is 3. The summed E-state index contributed by atoms with van der Waals surface area (Å²) in [5.41, 5.74) is 4.86. The molecule has 2 bridgehead atoms. The van der Waals surface area contributed by atoms with E-state index in [2.05, 4.69) is 15.2 Å². The standard InChI is InChI=1S/C24H24ClFN4O5/c1-13(2)33-18-6-4-15(8-28-18)32-9-19-29-30-22(35-19)24-10-23(11-24,12-24)20(21(27)31)34-14-3-5-16(25)17(26)7-14/h3-8,13,20H,9-12H2,1-2H3,(H2,27,31). The van der Waals surface area contributed by atoms with E-state index in [9.17, 15) is 9.18 Å². The van der Waals surface area contributed by atoms with Crippen molar-refractivity contribution >= 4 is 17.5 Å². The molecule has 9 nitrogen and oxygen atoms in total. The van der Waals surface area contributed by atoms with Crippen molar-refractivity contribution in [2.24, 2.45) is 11.1 Å². The maximum absolute atomic E-state index is 13.8. The first-order valence-corrected chi connectivity index (χ1v) is 11.6.